The van der Waals surface area contributed by atoms with Crippen LogP contribution in [0.4, 0.5) is 43.3 Å². The van der Waals surface area contributed by atoms with E-state index in [4.69, 9.17) is 46.6 Å². The Labute approximate surface area is 894 Å². The first-order chi connectivity index (χ1) is 67.6. The summed E-state index contributed by atoms with van der Waals surface area (Å²) < 4.78 is 26.7. The highest BCUT2D eigenvalue weighted by Crippen LogP contribution is 2.38. The van der Waals surface area contributed by atoms with Gasteiger partial charge in [-0.2, -0.15) is 0 Å². The second-order valence-corrected chi connectivity index (χ2v) is 46.3. The molecule has 0 bridgehead atoms. The highest BCUT2D eigenvalue weighted by Gasteiger charge is 2.32. The molecule has 4 saturated heterocycles. The van der Waals surface area contributed by atoms with Gasteiger partial charge < -0.3 is 70.0 Å². The Morgan fingerprint density at radius 3 is 0.979 bits per heavy atom. The van der Waals surface area contributed by atoms with Gasteiger partial charge >= 0.3 is 0 Å². The van der Waals surface area contributed by atoms with E-state index in [1.54, 1.807) is 119 Å². The van der Waals surface area contributed by atoms with Crippen LogP contribution in [-0.2, 0) is 54.3 Å². The lowest BCUT2D eigenvalue weighted by Crippen LogP contribution is -2.45. The summed E-state index contributed by atoms with van der Waals surface area (Å²) in [5.74, 6) is 8.31. The molecule has 16 rings (SSSR count). The number of oxazole rings is 4. The Balaban J connectivity index is 0.000000249. The summed E-state index contributed by atoms with van der Waals surface area (Å²) in [7, 11) is 0. The van der Waals surface area contributed by atoms with Gasteiger partial charge in [0.1, 0.15) is 23.0 Å². The van der Waals surface area contributed by atoms with Gasteiger partial charge in [-0.1, -0.05) is 218 Å². The quantitative estimate of drug-likeness (QED) is 0.00571. The lowest BCUT2D eigenvalue weighted by atomic mass is 9.94. The van der Waals surface area contributed by atoms with Gasteiger partial charge in [0.05, 0.1) is 57.6 Å². The normalized spacial score (nSPS) is 15.5. The molecule has 48 heteroatoms. The minimum Gasteiger partial charge on any atom is -0.444 e. The zero-order valence-corrected chi connectivity index (χ0v) is 88.5. The summed E-state index contributed by atoms with van der Waals surface area (Å²) in [5, 5.41) is 76.8. The van der Waals surface area contributed by atoms with Crippen LogP contribution in [0.5, 0.6) is 0 Å². The molecule has 0 saturated carbocycles. The Morgan fingerprint density at radius 2 is 0.719 bits per heavy atom. The monoisotopic (exact) mass is 2190 g/mol. The Bertz CT molecular complexity index is 6150. The SMILES string of the molecule is C.C.C.C.C=CC(=O)Cl.C=CC(=O)Nc1ccc(C(=O)N2CCC[C@@H](Nc3nnc(SCc4ncc(C(C)(C)C)o4)s3)C2)cc1.CC(C)(C)c1cnc(CSc2nnc(N[C@@H]3CCCN(C(=O)c4ccc(N)cc4)C3)s2)o1.CC(C)(C)c1cnc(CSc2nnc(N[C@@H]3CCCN(C(=O)c4ccc([N+](=O)[O-])cc4)C3)s2)o1.CC(C)(C)c1cnc(CSc2nnc(N[C@@H]3CCCNC3)s2)o1.O=C(Cl)c1ccc([N+](=O)[O-])cc1. The van der Waals surface area contributed by atoms with E-state index in [1.807, 2.05) is 16.0 Å². The molecule has 4 aliphatic heterocycles. The van der Waals surface area contributed by atoms with Gasteiger partial charge in [0, 0.05) is 150 Å². The molecule has 0 aliphatic carbocycles. The van der Waals surface area contributed by atoms with Crippen LogP contribution in [0.2, 0.25) is 0 Å². The number of nitro benzene ring substituents is 2. The zero-order chi connectivity index (χ0) is 102. The first-order valence-corrected chi connectivity index (χ1v) is 53.2. The number of hydrogen-bond acceptors (Lipinski definition) is 40. The maximum Gasteiger partial charge on any atom is 0.269 e. The third kappa shape index (κ3) is 38.9. The number of non-ortho nitro benzene ring substituents is 2. The topological polar surface area (TPSA) is 504 Å². The van der Waals surface area contributed by atoms with Crippen LogP contribution >= 0.6 is 116 Å². The van der Waals surface area contributed by atoms with Crippen LogP contribution in [0.25, 0.3) is 0 Å². The predicted molar refractivity (Wildman–Crippen MR) is 586 cm³/mol. The van der Waals surface area contributed by atoms with E-state index in [0.717, 1.165) is 126 Å². The van der Waals surface area contributed by atoms with Gasteiger partial charge in [0.15, 0.2) is 17.4 Å². The molecule has 4 fully saturated rings. The molecule has 788 valence electrons. The number of rotatable bonds is 29. The van der Waals surface area contributed by atoms with Gasteiger partial charge in [-0.05, 0) is 166 Å². The molecule has 4 amide bonds. The molecule has 0 spiro atoms. The number of nitrogens with one attached hydrogen (secondary N) is 6. The van der Waals surface area contributed by atoms with Crippen molar-refractivity contribution in [2.24, 2.45) is 0 Å². The number of nitrogen functional groups attached to an aromatic ring is 1. The number of nitro groups is 2. The summed E-state index contributed by atoms with van der Waals surface area (Å²) in [6.07, 6.45) is 17.4. The summed E-state index contributed by atoms with van der Waals surface area (Å²) in [4.78, 5) is 113. The third-order valence-corrected chi connectivity index (χ3v) is 29.6. The van der Waals surface area contributed by atoms with E-state index in [-0.39, 0.29) is 110 Å². The van der Waals surface area contributed by atoms with Crippen LogP contribution in [0.3, 0.4) is 0 Å². The third-order valence-electron chi connectivity index (χ3n) is 21.3. The van der Waals surface area contributed by atoms with Gasteiger partial charge in [-0.3, -0.25) is 49.0 Å². The number of piperidine rings is 4. The first kappa shape index (κ1) is 121. The number of anilines is 6. The van der Waals surface area contributed by atoms with E-state index in [1.165, 1.54) is 113 Å². The van der Waals surface area contributed by atoms with E-state index in [9.17, 15) is 49.0 Å². The maximum atomic E-state index is 13.0. The zero-order valence-electron chi connectivity index (χ0n) is 80.5. The maximum absolute atomic E-state index is 13.0. The molecule has 0 unspecified atom stereocenters. The second-order valence-electron chi connectivity index (χ2n) is 36.8. The Hall–Kier alpha value is -11.6. The molecule has 0 radical (unpaired) electrons. The van der Waals surface area contributed by atoms with Crippen LogP contribution in [0, 0.1) is 20.2 Å². The molecule has 12 aromatic rings. The molecule has 4 aromatic carbocycles. The van der Waals surface area contributed by atoms with Crippen molar-refractivity contribution in [1.82, 2.24) is 80.7 Å². The first-order valence-electron chi connectivity index (χ1n) is 45.3. The molecular weight excluding hydrogens is 2060 g/mol. The van der Waals surface area contributed by atoms with Crippen molar-refractivity contribution in [1.29, 1.82) is 0 Å². The van der Waals surface area contributed by atoms with E-state index in [0.29, 0.717) is 113 Å². The van der Waals surface area contributed by atoms with Crippen molar-refractivity contribution in [3.05, 3.63) is 236 Å². The number of thioether (sulfide) groups is 4. The standard InChI is InChI=1S/C25H30N6O3S2.C22H26N6O4S2.C22H28N6O2S2.C15H23N5OS2.C7H4ClNO3.C3H3ClO.4CH4/c1-5-20(32)27-17-10-8-16(9-11-17)22(33)31-12-6-7-18(14-31)28-23-29-30-24(36-23)35-15-21-26-13-19(34-21)25(2,3)4;1-22(2,3)17-11-23-18(32-17)13-33-21-26-25-20(34-21)24-15-5-4-10-27(12-15)19(29)14-6-8-16(9-7-14)28(30)31;1-22(2,3)17-11-24-18(30-17)13-31-21-27-26-20(32-21)25-16-5-4-10-28(12-16)19(29)14-6-8-15(23)9-7-14;1-15(2,3)11-8-17-12(21-11)9-22-14-20-19-13(23-14)18-10-5-4-6-16-7-10;8-7(10)5-1-3-6(4-2-5)9(11)12;1-2-3(4)5;;;;/h5,8-11,13,18H,1,6-7,12,14-15H2,2-4H3,(H,27,32)(H,28,29);6-9,11,15H,4-5,10,12-13H2,1-3H3,(H,24,25);6-9,11,16H,4-5,10,12-13,23H2,1-3H3,(H,25,26);8,10,16H,4-7,9H2,1-3H3,(H,18,19);1-4H;2H,1H2;4*1H4/t18-;15-;16-;10-;;;;;;/m1111....../s1. The van der Waals surface area contributed by atoms with Gasteiger partial charge in [0.2, 0.25) is 55.2 Å². The predicted octanol–water partition coefficient (Wildman–Crippen LogP) is 22.8. The van der Waals surface area contributed by atoms with Gasteiger partial charge in [-0.15, -0.1) is 40.8 Å². The fourth-order valence-electron chi connectivity index (χ4n) is 13.7. The molecule has 4 aliphatic rings. The van der Waals surface area contributed by atoms with Crippen molar-refractivity contribution in [2.45, 2.75) is 250 Å². The van der Waals surface area contributed by atoms with Crippen molar-refractivity contribution >= 4 is 193 Å². The lowest BCUT2D eigenvalue weighted by Gasteiger charge is -2.33. The fourth-order valence-corrected chi connectivity index (χ4v) is 20.6. The summed E-state index contributed by atoms with van der Waals surface area (Å²) >= 11 is 22.1. The molecule has 4 atom stereocenters. The lowest BCUT2D eigenvalue weighted by molar-refractivity contribution is -0.385. The van der Waals surface area contributed by atoms with Crippen molar-refractivity contribution in [2.75, 3.05) is 84.7 Å². The van der Waals surface area contributed by atoms with Gasteiger partial charge in [0.25, 0.3) is 34.3 Å². The van der Waals surface area contributed by atoms with E-state index >= 15 is 0 Å². The largest absolute Gasteiger partial charge is 0.444 e. The summed E-state index contributed by atoms with van der Waals surface area (Å²) in [5.41, 5.74) is 8.65. The molecular formula is C98H130Cl2N24O14S8. The molecule has 38 nitrogen and oxygen atoms in total. The van der Waals surface area contributed by atoms with Crippen LogP contribution in [0.1, 0.15) is 252 Å². The number of allylic oxidation sites excluding steroid dienone is 1. The number of nitrogens with two attached hydrogens (primary N) is 1. The molecule has 146 heavy (non-hydrogen) atoms. The number of aromatic nitrogens is 12. The second kappa shape index (κ2) is 57.7. The number of halogens is 2. The molecule has 8 N–H and O–H groups in total. The van der Waals surface area contributed by atoms with Gasteiger partial charge in [-0.25, -0.2) is 19.9 Å². The van der Waals surface area contributed by atoms with Crippen LogP contribution in [0.15, 0.2) is 182 Å². The highest BCUT2D eigenvalue weighted by atomic mass is 35.5. The molecule has 8 aromatic heterocycles. The molecule has 12 heterocycles. The Morgan fingerprint density at radius 1 is 0.438 bits per heavy atom. The number of hydrogen-bond donors (Lipinski definition) is 7. The van der Waals surface area contributed by atoms with Crippen LogP contribution in [-0.4, -0.2) is 196 Å². The average molecular weight is 2200 g/mol. The number of benzene rings is 4. The number of carbonyl (C=O) groups is 6. The Kier molecular flexibility index (Phi) is 47.9. The minimum absolute atomic E-state index is 0. The fraction of sp³-hybridized carbons (Fsp3) is 0.449. The minimum atomic E-state index is -0.620. The number of likely N-dealkylation sites (tertiary alicyclic amines) is 3. The van der Waals surface area contributed by atoms with Crippen molar-refractivity contribution in [3.63, 3.8) is 0 Å². The van der Waals surface area contributed by atoms with Crippen molar-refractivity contribution < 1.29 is 56.3 Å². The summed E-state index contributed by atoms with van der Waals surface area (Å²) in [6, 6.07) is 25.5. The number of carbonyl (C=O) groups excluding carboxylic acids is 6. The number of amides is 4. The van der Waals surface area contributed by atoms with Crippen LogP contribution < -0.4 is 37.6 Å². The number of nitrogens with zero attached hydrogens (tertiary/aromatic N) is 17. The highest BCUT2D eigenvalue weighted by molar-refractivity contribution is 8.01. The van der Waals surface area contributed by atoms with E-state index in [2.05, 4.69) is 189 Å². The average Bonchev–Trinajstić information content (AvgIpc) is 0.947. The van der Waals surface area contributed by atoms with E-state index < -0.39 is 20.3 Å². The van der Waals surface area contributed by atoms with Crippen molar-refractivity contribution in [3.8, 4) is 0 Å². The summed E-state index contributed by atoms with van der Waals surface area (Å²) in [6.45, 7) is 37.7. The smallest absolute Gasteiger partial charge is 0.269 e.